The molecule has 0 amide bonds. The number of allylic oxidation sites excluding steroid dienone is 4. The number of rotatable bonds is 8. The van der Waals surface area contributed by atoms with Gasteiger partial charge in [0.05, 0.1) is 12.1 Å². The van der Waals surface area contributed by atoms with Crippen LogP contribution in [-0.2, 0) is 4.74 Å². The van der Waals surface area contributed by atoms with Crippen LogP contribution in [0.2, 0.25) is 0 Å². The molecule has 1 fully saturated rings. The highest BCUT2D eigenvalue weighted by atomic mass is 32.2. The number of aromatic amines is 1. The van der Waals surface area contributed by atoms with Crippen LogP contribution in [-0.4, -0.2) is 31.3 Å². The summed E-state index contributed by atoms with van der Waals surface area (Å²) in [5.74, 6) is -0.456. The quantitative estimate of drug-likeness (QED) is 0.278. The lowest BCUT2D eigenvalue weighted by molar-refractivity contribution is 0.181. The van der Waals surface area contributed by atoms with Crippen molar-refractivity contribution >= 4 is 28.6 Å². The monoisotopic (exact) mass is 483 g/mol. The molecule has 1 heterocycles. The molecule has 0 spiro atoms. The summed E-state index contributed by atoms with van der Waals surface area (Å²) in [6, 6.07) is 4.21. The number of H-pyrrole nitrogens is 1. The third kappa shape index (κ3) is 8.85. The van der Waals surface area contributed by atoms with Gasteiger partial charge < -0.3 is 9.72 Å². The van der Waals surface area contributed by atoms with Gasteiger partial charge in [-0.25, -0.2) is 17.9 Å². The van der Waals surface area contributed by atoms with Gasteiger partial charge in [-0.15, -0.1) is 0 Å². The largest absolute Gasteiger partial charge is 0.383 e. The molecule has 4 rings (SSSR count). The number of nitrogens with one attached hydrogen (secondary N) is 3. The molecule has 1 unspecified atom stereocenters. The van der Waals surface area contributed by atoms with Crippen LogP contribution in [0.25, 0.3) is 16.5 Å². The van der Waals surface area contributed by atoms with Gasteiger partial charge in [-0.3, -0.25) is 4.72 Å². The average molecular weight is 484 g/mol. The molecular weight excluding hydrogens is 447 g/mol. The second-order valence-electron chi connectivity index (χ2n) is 8.06. The second-order valence-corrected chi connectivity index (χ2v) is 8.79. The van der Waals surface area contributed by atoms with E-state index in [1.54, 1.807) is 31.4 Å². The Bertz CT molecular complexity index is 925. The number of hydrogen-bond acceptors (Lipinski definition) is 4. The molecule has 0 aliphatic heterocycles. The molecule has 8 heteroatoms. The molecule has 3 N–H and O–H groups in total. The normalized spacial score (nSPS) is 16.6. The summed E-state index contributed by atoms with van der Waals surface area (Å²) in [6.07, 6.45) is 8.20. The molecule has 1 aromatic heterocycles. The van der Waals surface area contributed by atoms with E-state index in [1.165, 1.54) is 31.4 Å². The third-order valence-corrected chi connectivity index (χ3v) is 6.27. The van der Waals surface area contributed by atoms with Gasteiger partial charge in [-0.2, -0.15) is 0 Å². The Balaban J connectivity index is 0.000000228. The minimum Gasteiger partial charge on any atom is -0.383 e. The van der Waals surface area contributed by atoms with Gasteiger partial charge in [-0.05, 0) is 55.9 Å². The van der Waals surface area contributed by atoms with E-state index in [1.807, 2.05) is 13.8 Å². The topological polar surface area (TPSA) is 49.1 Å². The molecule has 33 heavy (non-hydrogen) atoms. The lowest BCUT2D eigenvalue weighted by atomic mass is 9.86. The Labute approximate surface area is 199 Å². The number of ether oxygens (including phenoxy) is 1. The summed E-state index contributed by atoms with van der Waals surface area (Å²) < 4.78 is 51.1. The van der Waals surface area contributed by atoms with Gasteiger partial charge >= 0.3 is 0 Å². The van der Waals surface area contributed by atoms with Gasteiger partial charge in [0.15, 0.2) is 0 Å². The van der Waals surface area contributed by atoms with Crippen molar-refractivity contribution in [2.75, 3.05) is 20.3 Å². The van der Waals surface area contributed by atoms with Gasteiger partial charge in [0.1, 0.15) is 17.5 Å². The van der Waals surface area contributed by atoms with Crippen molar-refractivity contribution in [2.24, 2.45) is 5.92 Å². The van der Waals surface area contributed by atoms with Gasteiger partial charge in [0, 0.05) is 55.4 Å². The maximum absolute atomic E-state index is 13.5. The van der Waals surface area contributed by atoms with E-state index in [0.29, 0.717) is 30.0 Å². The van der Waals surface area contributed by atoms with E-state index >= 15 is 0 Å². The van der Waals surface area contributed by atoms with Gasteiger partial charge in [0.25, 0.3) is 0 Å². The lowest BCUT2D eigenvalue weighted by Crippen LogP contribution is -2.30. The molecule has 2 aliphatic carbocycles. The molecule has 4 nitrogen and oxygen atoms in total. The highest BCUT2D eigenvalue weighted by Gasteiger charge is 2.16. The number of aromatic nitrogens is 1. The molecule has 1 aromatic carbocycles. The van der Waals surface area contributed by atoms with Crippen LogP contribution in [0.15, 0.2) is 36.2 Å². The molecule has 1 saturated carbocycles. The number of hydrogen-bond donors (Lipinski definition) is 3. The van der Waals surface area contributed by atoms with Crippen molar-refractivity contribution in [3.8, 4) is 0 Å². The predicted octanol–water partition coefficient (Wildman–Crippen LogP) is 7.07. The van der Waals surface area contributed by atoms with Crippen LogP contribution in [0.4, 0.5) is 13.2 Å². The highest BCUT2D eigenvalue weighted by molar-refractivity contribution is 7.95. The number of methoxy groups -OCH3 is 1. The maximum atomic E-state index is 13.5. The summed E-state index contributed by atoms with van der Waals surface area (Å²) >= 11 is 1.60. The first kappa shape index (κ1) is 27.5. The van der Waals surface area contributed by atoms with E-state index in [9.17, 15) is 13.2 Å². The Hall–Kier alpha value is -1.74. The number of benzene rings is 1. The smallest absolute Gasteiger partial charge is 0.150 e. The second kappa shape index (κ2) is 14.5. The molecule has 2 aliphatic rings. The first-order chi connectivity index (χ1) is 16.0. The van der Waals surface area contributed by atoms with Crippen molar-refractivity contribution in [2.45, 2.75) is 58.9 Å². The molecule has 2 aromatic rings. The van der Waals surface area contributed by atoms with Crippen molar-refractivity contribution in [1.29, 1.82) is 0 Å². The zero-order valence-corrected chi connectivity index (χ0v) is 20.8. The maximum Gasteiger partial charge on any atom is 0.150 e. The fraction of sp³-hybridized carbons (Fsp3) is 0.520. The average Bonchev–Trinajstić information content (AvgIpc) is 3.19. The first-order valence-corrected chi connectivity index (χ1v) is 12.4. The van der Waals surface area contributed by atoms with Crippen LogP contribution < -0.4 is 9.44 Å². The Kier molecular flexibility index (Phi) is 12.1. The fourth-order valence-electron chi connectivity index (χ4n) is 3.46. The van der Waals surface area contributed by atoms with Crippen LogP contribution in [0.3, 0.4) is 0 Å². The summed E-state index contributed by atoms with van der Waals surface area (Å²) in [7, 11) is 1.73. The minimum atomic E-state index is -0.616. The van der Waals surface area contributed by atoms with E-state index in [-0.39, 0.29) is 11.3 Å². The lowest BCUT2D eigenvalue weighted by Gasteiger charge is -2.25. The van der Waals surface area contributed by atoms with E-state index in [2.05, 4.69) is 21.4 Å². The molecule has 184 valence electrons. The van der Waals surface area contributed by atoms with Crippen LogP contribution >= 0.6 is 12.1 Å². The minimum absolute atomic E-state index is 0.160. The van der Waals surface area contributed by atoms with E-state index < -0.39 is 11.6 Å². The molecule has 1 atom stereocenters. The first-order valence-electron chi connectivity index (χ1n) is 11.6. The summed E-state index contributed by atoms with van der Waals surface area (Å²) in [5, 5.41) is 0.485. The molecule has 0 saturated heterocycles. The van der Waals surface area contributed by atoms with Crippen LogP contribution in [0, 0.1) is 17.6 Å². The number of fused-ring (bicyclic) bond motifs is 1. The highest BCUT2D eigenvalue weighted by Crippen LogP contribution is 2.30. The van der Waals surface area contributed by atoms with Crippen LogP contribution in [0.5, 0.6) is 0 Å². The standard InChI is InChI=1S/C14H10F3N.C9H20N2OS.C2H6/c15-10-3-1-8(2-4-10)13-6-9-5-11(16)7-12(17)14(9)18-13;1-8(7-12-2)11-13-10-6-9-4-3-5-9;1-2/h1,3,5-7,18H,2,4H2;8-11H,3-7H2,1-2H3;1-2H3. The Morgan fingerprint density at radius 2 is 1.88 bits per heavy atom. The predicted molar refractivity (Wildman–Crippen MR) is 133 cm³/mol. The zero-order valence-electron chi connectivity index (χ0n) is 19.9. The summed E-state index contributed by atoms with van der Waals surface area (Å²) in [6.45, 7) is 8.01. The fourth-order valence-corrected chi connectivity index (χ4v) is 4.13. The van der Waals surface area contributed by atoms with Crippen molar-refractivity contribution in [3.63, 3.8) is 0 Å². The number of halogens is 3. The SMILES string of the molecule is CC.COCC(C)NSNCC1CCC1.FC1=CC=C(c2cc3cc(F)cc(F)c3[nH]2)CC1. The zero-order chi connectivity index (χ0) is 24.2. The van der Waals surface area contributed by atoms with E-state index in [4.69, 9.17) is 4.74 Å². The van der Waals surface area contributed by atoms with Crippen molar-refractivity contribution in [3.05, 3.63) is 53.5 Å². The van der Waals surface area contributed by atoms with E-state index in [0.717, 1.165) is 30.7 Å². The van der Waals surface area contributed by atoms with Crippen molar-refractivity contribution < 1.29 is 17.9 Å². The third-order valence-electron chi connectivity index (χ3n) is 5.44. The van der Waals surface area contributed by atoms with Gasteiger partial charge in [-0.1, -0.05) is 26.3 Å². The molecule has 0 radical (unpaired) electrons. The Morgan fingerprint density at radius 3 is 2.48 bits per heavy atom. The Morgan fingerprint density at radius 1 is 1.12 bits per heavy atom. The molecule has 0 bridgehead atoms. The summed E-state index contributed by atoms with van der Waals surface area (Å²) in [4.78, 5) is 2.91. The van der Waals surface area contributed by atoms with Crippen molar-refractivity contribution in [1.82, 2.24) is 14.4 Å². The molecular formula is C25H36F3N3OS. The van der Waals surface area contributed by atoms with Gasteiger partial charge in [0.2, 0.25) is 0 Å². The summed E-state index contributed by atoms with van der Waals surface area (Å²) in [5.41, 5.74) is 1.88. The van der Waals surface area contributed by atoms with Crippen LogP contribution in [0.1, 0.15) is 58.6 Å².